The van der Waals surface area contributed by atoms with Crippen molar-refractivity contribution in [2.75, 3.05) is 18.0 Å². The minimum atomic E-state index is 0.329. The monoisotopic (exact) mass is 337 g/mol. The molecule has 4 heteroatoms. The maximum absolute atomic E-state index is 8.78. The molecule has 1 atom stereocenters. The zero-order valence-electron chi connectivity index (χ0n) is 12.8. The van der Waals surface area contributed by atoms with Gasteiger partial charge in [-0.15, -0.1) is 0 Å². The molecule has 0 radical (unpaired) electrons. The van der Waals surface area contributed by atoms with E-state index in [0.29, 0.717) is 18.5 Å². The van der Waals surface area contributed by atoms with E-state index in [0.717, 1.165) is 23.2 Å². The molecule has 0 aromatic heterocycles. The lowest BCUT2D eigenvalue weighted by Crippen LogP contribution is -2.31. The molecule has 0 saturated heterocycles. The van der Waals surface area contributed by atoms with Crippen molar-refractivity contribution in [3.8, 4) is 6.07 Å². The first-order valence-electron chi connectivity index (χ1n) is 7.17. The Labute approximate surface area is 131 Å². The Morgan fingerprint density at radius 1 is 1.35 bits per heavy atom. The van der Waals surface area contributed by atoms with Crippen molar-refractivity contribution in [2.24, 2.45) is 0 Å². The van der Waals surface area contributed by atoms with Crippen LogP contribution >= 0.6 is 15.9 Å². The smallest absolute Gasteiger partial charge is 0.0640 e. The predicted octanol–water partition coefficient (Wildman–Crippen LogP) is 4.25. The van der Waals surface area contributed by atoms with Crippen molar-refractivity contribution in [3.63, 3.8) is 0 Å². The minimum Gasteiger partial charge on any atom is -0.368 e. The Morgan fingerprint density at radius 3 is 2.55 bits per heavy atom. The second-order valence-electron chi connectivity index (χ2n) is 5.18. The summed E-state index contributed by atoms with van der Waals surface area (Å²) >= 11 is 3.67. The summed E-state index contributed by atoms with van der Waals surface area (Å²) in [5.74, 6) is 0. The minimum absolute atomic E-state index is 0.329. The van der Waals surface area contributed by atoms with Gasteiger partial charge in [0.15, 0.2) is 0 Å². The van der Waals surface area contributed by atoms with Gasteiger partial charge in [-0.25, -0.2) is 0 Å². The van der Waals surface area contributed by atoms with Gasteiger partial charge in [0.05, 0.1) is 12.5 Å². The second-order valence-corrected chi connectivity index (χ2v) is 6.03. The van der Waals surface area contributed by atoms with E-state index >= 15 is 0 Å². The average molecular weight is 338 g/mol. The third kappa shape index (κ3) is 4.50. The van der Waals surface area contributed by atoms with Crippen LogP contribution in [0.2, 0.25) is 0 Å². The lowest BCUT2D eigenvalue weighted by molar-refractivity contribution is 0.595. The standard InChI is InChI=1S/C16H24BrN3/c1-5-19-13(4)15-8-7-14(11-16(15)17)20(12(2)3)10-6-9-18/h7-8,11-13,19H,5-6,10H2,1-4H3. The molecule has 1 unspecified atom stereocenters. The number of nitrogens with zero attached hydrogens (tertiary/aromatic N) is 2. The maximum Gasteiger partial charge on any atom is 0.0640 e. The van der Waals surface area contributed by atoms with E-state index < -0.39 is 0 Å². The Hall–Kier alpha value is -1.05. The topological polar surface area (TPSA) is 39.1 Å². The van der Waals surface area contributed by atoms with Crippen molar-refractivity contribution in [2.45, 2.75) is 46.2 Å². The van der Waals surface area contributed by atoms with Crippen LogP contribution < -0.4 is 10.2 Å². The van der Waals surface area contributed by atoms with Crippen LogP contribution in [0, 0.1) is 11.3 Å². The fourth-order valence-corrected chi connectivity index (χ4v) is 3.03. The number of halogens is 1. The molecule has 3 nitrogen and oxygen atoms in total. The van der Waals surface area contributed by atoms with E-state index in [1.54, 1.807) is 0 Å². The first-order chi connectivity index (χ1) is 9.51. The summed E-state index contributed by atoms with van der Waals surface area (Å²) in [4.78, 5) is 2.26. The molecule has 1 aromatic rings. The first kappa shape index (κ1) is 17.0. The maximum atomic E-state index is 8.78. The molecule has 0 aliphatic heterocycles. The van der Waals surface area contributed by atoms with E-state index in [-0.39, 0.29) is 0 Å². The molecule has 0 bridgehead atoms. The van der Waals surface area contributed by atoms with Gasteiger partial charge in [-0.3, -0.25) is 0 Å². The molecule has 0 aliphatic carbocycles. The van der Waals surface area contributed by atoms with E-state index in [1.165, 1.54) is 5.56 Å². The van der Waals surface area contributed by atoms with Crippen LogP contribution in [0.5, 0.6) is 0 Å². The van der Waals surface area contributed by atoms with Gasteiger partial charge < -0.3 is 10.2 Å². The molecule has 0 saturated carbocycles. The summed E-state index contributed by atoms with van der Waals surface area (Å²) in [6, 6.07) is 9.39. The average Bonchev–Trinajstić information content (AvgIpc) is 2.39. The molecule has 1 rings (SSSR count). The normalized spacial score (nSPS) is 12.2. The summed E-state index contributed by atoms with van der Waals surface area (Å²) < 4.78 is 1.12. The fraction of sp³-hybridized carbons (Fsp3) is 0.562. The van der Waals surface area contributed by atoms with E-state index in [9.17, 15) is 0 Å². The van der Waals surface area contributed by atoms with Gasteiger partial charge in [0, 0.05) is 28.8 Å². The second kappa shape index (κ2) is 8.28. The molecule has 1 aromatic carbocycles. The molecular weight excluding hydrogens is 314 g/mol. The lowest BCUT2D eigenvalue weighted by atomic mass is 10.1. The molecule has 0 aliphatic rings. The predicted molar refractivity (Wildman–Crippen MR) is 88.9 cm³/mol. The number of anilines is 1. The Morgan fingerprint density at radius 2 is 2.05 bits per heavy atom. The molecular formula is C16H24BrN3. The number of hydrogen-bond donors (Lipinski definition) is 1. The molecule has 1 N–H and O–H groups in total. The molecule has 0 spiro atoms. The number of nitriles is 1. The van der Waals surface area contributed by atoms with Crippen molar-refractivity contribution in [1.29, 1.82) is 5.26 Å². The van der Waals surface area contributed by atoms with Crippen molar-refractivity contribution < 1.29 is 0 Å². The summed E-state index contributed by atoms with van der Waals surface area (Å²) in [5.41, 5.74) is 2.43. The summed E-state index contributed by atoms with van der Waals surface area (Å²) in [5, 5.41) is 12.2. The third-order valence-corrected chi connectivity index (χ3v) is 4.07. The van der Waals surface area contributed by atoms with Gasteiger partial charge in [0.25, 0.3) is 0 Å². The summed E-state index contributed by atoms with van der Waals surface area (Å²) in [7, 11) is 0. The van der Waals surface area contributed by atoms with Crippen LogP contribution in [0.1, 0.15) is 45.7 Å². The number of nitrogens with one attached hydrogen (secondary N) is 1. The fourth-order valence-electron chi connectivity index (χ4n) is 2.32. The van der Waals surface area contributed by atoms with Crippen molar-refractivity contribution in [1.82, 2.24) is 5.32 Å². The van der Waals surface area contributed by atoms with E-state index in [2.05, 4.69) is 78.1 Å². The third-order valence-electron chi connectivity index (χ3n) is 3.38. The van der Waals surface area contributed by atoms with Crippen LogP contribution in [-0.4, -0.2) is 19.1 Å². The summed E-state index contributed by atoms with van der Waals surface area (Å²) in [6.45, 7) is 10.3. The van der Waals surface area contributed by atoms with Gasteiger partial charge in [-0.2, -0.15) is 5.26 Å². The highest BCUT2D eigenvalue weighted by molar-refractivity contribution is 9.10. The highest BCUT2D eigenvalue weighted by Gasteiger charge is 2.14. The van der Waals surface area contributed by atoms with Gasteiger partial charge >= 0.3 is 0 Å². The van der Waals surface area contributed by atoms with Crippen LogP contribution in [0.3, 0.4) is 0 Å². The van der Waals surface area contributed by atoms with E-state index in [4.69, 9.17) is 5.26 Å². The van der Waals surface area contributed by atoms with Crippen LogP contribution in [0.15, 0.2) is 22.7 Å². The van der Waals surface area contributed by atoms with Gasteiger partial charge in [0.1, 0.15) is 0 Å². The van der Waals surface area contributed by atoms with Gasteiger partial charge in [-0.05, 0) is 45.0 Å². The highest BCUT2D eigenvalue weighted by Crippen LogP contribution is 2.29. The van der Waals surface area contributed by atoms with E-state index in [1.807, 2.05) is 0 Å². The first-order valence-corrected chi connectivity index (χ1v) is 7.97. The molecule has 0 amide bonds. The zero-order chi connectivity index (χ0) is 15.1. The Kier molecular flexibility index (Phi) is 7.04. The molecule has 20 heavy (non-hydrogen) atoms. The van der Waals surface area contributed by atoms with Crippen LogP contribution in [0.4, 0.5) is 5.69 Å². The molecule has 0 fully saturated rings. The Bertz CT molecular complexity index is 465. The number of benzene rings is 1. The van der Waals surface area contributed by atoms with Gasteiger partial charge in [-0.1, -0.05) is 28.9 Å². The molecule has 0 heterocycles. The number of rotatable bonds is 7. The Balaban J connectivity index is 2.97. The highest BCUT2D eigenvalue weighted by atomic mass is 79.9. The largest absolute Gasteiger partial charge is 0.368 e. The summed E-state index contributed by atoms with van der Waals surface area (Å²) in [6.07, 6.45) is 0.547. The van der Waals surface area contributed by atoms with Crippen molar-refractivity contribution in [3.05, 3.63) is 28.2 Å². The zero-order valence-corrected chi connectivity index (χ0v) is 14.4. The lowest BCUT2D eigenvalue weighted by Gasteiger charge is -2.29. The molecule has 110 valence electrons. The van der Waals surface area contributed by atoms with Gasteiger partial charge in [0.2, 0.25) is 0 Å². The number of hydrogen-bond acceptors (Lipinski definition) is 3. The van der Waals surface area contributed by atoms with Crippen molar-refractivity contribution >= 4 is 21.6 Å². The van der Waals surface area contributed by atoms with Crippen LogP contribution in [0.25, 0.3) is 0 Å². The quantitative estimate of drug-likeness (QED) is 0.808. The SMILES string of the molecule is CCNC(C)c1ccc(N(CCC#N)C(C)C)cc1Br. The van der Waals surface area contributed by atoms with Crippen LogP contribution in [-0.2, 0) is 0 Å².